The summed E-state index contributed by atoms with van der Waals surface area (Å²) in [4.78, 5) is 9.69. The fourth-order valence-electron chi connectivity index (χ4n) is 3.16. The third-order valence-electron chi connectivity index (χ3n) is 4.50. The van der Waals surface area contributed by atoms with Gasteiger partial charge in [0.2, 0.25) is 0 Å². The number of morpholine rings is 1. The van der Waals surface area contributed by atoms with E-state index in [1.54, 1.807) is 0 Å². The minimum atomic E-state index is 0.160. The number of amidine groups is 1. The molecular weight excluding hydrogens is 262 g/mol. The number of rotatable bonds is 2. The maximum Gasteiger partial charge on any atom is 0.110 e. The van der Waals surface area contributed by atoms with Crippen LogP contribution in [0.2, 0.25) is 0 Å². The van der Waals surface area contributed by atoms with Crippen molar-refractivity contribution >= 4 is 17.2 Å². The highest BCUT2D eigenvalue weighted by atomic mass is 16.5. The zero-order valence-corrected chi connectivity index (χ0v) is 13.3. The van der Waals surface area contributed by atoms with E-state index in [9.17, 15) is 0 Å². The number of para-hydroxylation sites is 2. The first-order valence-electron chi connectivity index (χ1n) is 7.80. The molecule has 21 heavy (non-hydrogen) atoms. The van der Waals surface area contributed by atoms with Gasteiger partial charge in [-0.3, -0.25) is 0 Å². The molecule has 2 aliphatic rings. The Balaban J connectivity index is 1.95. The Morgan fingerprint density at radius 3 is 2.48 bits per heavy atom. The molecule has 0 atom stereocenters. The van der Waals surface area contributed by atoms with Gasteiger partial charge in [0, 0.05) is 32.1 Å². The SMILES string of the molecule is CN1CCC(C)(C)/C1=N\c1ccccc1N1CCOCC1. The second-order valence-electron chi connectivity index (χ2n) is 6.58. The van der Waals surface area contributed by atoms with Crippen molar-refractivity contribution in [1.29, 1.82) is 0 Å². The van der Waals surface area contributed by atoms with Gasteiger partial charge < -0.3 is 14.5 Å². The highest BCUT2D eigenvalue weighted by Crippen LogP contribution is 2.35. The summed E-state index contributed by atoms with van der Waals surface area (Å²) >= 11 is 0. The second kappa shape index (κ2) is 5.68. The van der Waals surface area contributed by atoms with E-state index in [0.29, 0.717) is 0 Å². The van der Waals surface area contributed by atoms with E-state index in [1.807, 2.05) is 0 Å². The number of likely N-dealkylation sites (tertiary alicyclic amines) is 1. The summed E-state index contributed by atoms with van der Waals surface area (Å²) in [7, 11) is 2.14. The van der Waals surface area contributed by atoms with Crippen molar-refractivity contribution < 1.29 is 4.74 Å². The van der Waals surface area contributed by atoms with Crippen molar-refractivity contribution in [2.24, 2.45) is 10.4 Å². The molecule has 1 aromatic carbocycles. The number of hydrogen-bond donors (Lipinski definition) is 0. The molecule has 0 radical (unpaired) electrons. The Morgan fingerprint density at radius 1 is 1.10 bits per heavy atom. The molecule has 0 bridgehead atoms. The standard InChI is InChI=1S/C17H25N3O/c1-17(2)8-9-19(3)16(17)18-14-6-4-5-7-15(14)20-10-12-21-13-11-20/h4-7H,8-13H2,1-3H3/b18-16+. The van der Waals surface area contributed by atoms with E-state index in [0.717, 1.165) is 38.5 Å². The Kier molecular flexibility index (Phi) is 3.89. The fourth-order valence-corrected chi connectivity index (χ4v) is 3.16. The highest BCUT2D eigenvalue weighted by molar-refractivity contribution is 5.92. The third-order valence-corrected chi connectivity index (χ3v) is 4.50. The predicted octanol–water partition coefficient (Wildman–Crippen LogP) is 2.91. The molecule has 0 spiro atoms. The molecule has 3 rings (SSSR count). The second-order valence-corrected chi connectivity index (χ2v) is 6.58. The van der Waals surface area contributed by atoms with Gasteiger partial charge in [0.05, 0.1) is 24.6 Å². The molecule has 4 heteroatoms. The molecule has 2 saturated heterocycles. The average Bonchev–Trinajstić information content (AvgIpc) is 2.76. The van der Waals surface area contributed by atoms with Crippen LogP contribution in [-0.2, 0) is 4.74 Å². The Morgan fingerprint density at radius 2 is 1.81 bits per heavy atom. The summed E-state index contributed by atoms with van der Waals surface area (Å²) in [5.74, 6) is 1.20. The van der Waals surface area contributed by atoms with Crippen LogP contribution in [0.5, 0.6) is 0 Å². The molecular formula is C17H25N3O. The molecule has 2 aliphatic heterocycles. The number of benzene rings is 1. The minimum absolute atomic E-state index is 0.160. The predicted molar refractivity (Wildman–Crippen MR) is 87.6 cm³/mol. The van der Waals surface area contributed by atoms with Crippen LogP contribution in [0.25, 0.3) is 0 Å². The monoisotopic (exact) mass is 287 g/mol. The van der Waals surface area contributed by atoms with Crippen molar-refractivity contribution in [2.45, 2.75) is 20.3 Å². The van der Waals surface area contributed by atoms with Crippen LogP contribution in [0, 0.1) is 5.41 Å². The number of ether oxygens (including phenoxy) is 1. The zero-order valence-electron chi connectivity index (χ0n) is 13.3. The minimum Gasteiger partial charge on any atom is -0.378 e. The van der Waals surface area contributed by atoms with Crippen molar-refractivity contribution in [3.05, 3.63) is 24.3 Å². The highest BCUT2D eigenvalue weighted by Gasteiger charge is 2.34. The molecule has 4 nitrogen and oxygen atoms in total. The van der Waals surface area contributed by atoms with Crippen molar-refractivity contribution in [3.63, 3.8) is 0 Å². The topological polar surface area (TPSA) is 28.1 Å². The van der Waals surface area contributed by atoms with E-state index in [1.165, 1.54) is 17.9 Å². The summed E-state index contributed by atoms with van der Waals surface area (Å²) in [5, 5.41) is 0. The maximum absolute atomic E-state index is 5.46. The van der Waals surface area contributed by atoms with E-state index < -0.39 is 0 Å². The first-order chi connectivity index (χ1) is 10.1. The third kappa shape index (κ3) is 2.91. The summed E-state index contributed by atoms with van der Waals surface area (Å²) in [5.41, 5.74) is 2.47. The summed E-state index contributed by atoms with van der Waals surface area (Å²) in [6, 6.07) is 8.47. The lowest BCUT2D eigenvalue weighted by molar-refractivity contribution is 0.123. The molecule has 114 valence electrons. The normalized spacial score (nSPS) is 23.9. The molecule has 0 aromatic heterocycles. The van der Waals surface area contributed by atoms with Gasteiger partial charge in [0.1, 0.15) is 5.84 Å². The van der Waals surface area contributed by atoms with Gasteiger partial charge in [-0.2, -0.15) is 0 Å². The Labute approximate surface area is 127 Å². The smallest absolute Gasteiger partial charge is 0.110 e. The number of anilines is 1. The number of hydrogen-bond acceptors (Lipinski definition) is 3. The lowest BCUT2D eigenvalue weighted by Crippen LogP contribution is -2.36. The molecule has 0 saturated carbocycles. The van der Waals surface area contributed by atoms with E-state index in [4.69, 9.17) is 9.73 Å². The molecule has 1 aromatic rings. The van der Waals surface area contributed by atoms with Crippen LogP contribution in [0.1, 0.15) is 20.3 Å². The summed E-state index contributed by atoms with van der Waals surface area (Å²) < 4.78 is 5.46. The van der Waals surface area contributed by atoms with Crippen molar-refractivity contribution in [2.75, 3.05) is 44.8 Å². The molecule has 2 heterocycles. The molecule has 0 unspecified atom stereocenters. The van der Waals surface area contributed by atoms with Crippen LogP contribution in [0.15, 0.2) is 29.3 Å². The molecule has 0 N–H and O–H groups in total. The summed E-state index contributed by atoms with van der Waals surface area (Å²) in [6.45, 7) is 9.15. The van der Waals surface area contributed by atoms with E-state index in [2.05, 4.69) is 55.0 Å². The largest absolute Gasteiger partial charge is 0.378 e. The zero-order chi connectivity index (χ0) is 14.9. The molecule has 2 fully saturated rings. The Hall–Kier alpha value is -1.55. The van der Waals surface area contributed by atoms with Crippen LogP contribution < -0.4 is 4.90 Å². The number of aliphatic imine (C=N–C) groups is 1. The quantitative estimate of drug-likeness (QED) is 0.837. The van der Waals surface area contributed by atoms with Crippen molar-refractivity contribution in [1.82, 2.24) is 4.90 Å². The van der Waals surface area contributed by atoms with Gasteiger partial charge >= 0.3 is 0 Å². The van der Waals surface area contributed by atoms with E-state index in [-0.39, 0.29) is 5.41 Å². The molecule has 0 aliphatic carbocycles. The van der Waals surface area contributed by atoms with Gasteiger partial charge in [-0.15, -0.1) is 0 Å². The van der Waals surface area contributed by atoms with Crippen LogP contribution in [0.4, 0.5) is 11.4 Å². The molecule has 0 amide bonds. The van der Waals surface area contributed by atoms with Gasteiger partial charge in [-0.1, -0.05) is 26.0 Å². The van der Waals surface area contributed by atoms with Gasteiger partial charge in [-0.25, -0.2) is 4.99 Å². The van der Waals surface area contributed by atoms with E-state index >= 15 is 0 Å². The number of nitrogens with zero attached hydrogens (tertiary/aromatic N) is 3. The lowest BCUT2D eigenvalue weighted by atomic mass is 9.91. The first kappa shape index (κ1) is 14.4. The lowest BCUT2D eigenvalue weighted by Gasteiger charge is -2.30. The summed E-state index contributed by atoms with van der Waals surface area (Å²) in [6.07, 6.45) is 1.17. The fraction of sp³-hybridized carbons (Fsp3) is 0.588. The van der Waals surface area contributed by atoms with Crippen molar-refractivity contribution in [3.8, 4) is 0 Å². The van der Waals surface area contributed by atoms with Gasteiger partial charge in [0.25, 0.3) is 0 Å². The average molecular weight is 287 g/mol. The van der Waals surface area contributed by atoms with Crippen LogP contribution in [-0.4, -0.2) is 50.6 Å². The van der Waals surface area contributed by atoms with Gasteiger partial charge in [0.15, 0.2) is 0 Å². The van der Waals surface area contributed by atoms with Crippen LogP contribution >= 0.6 is 0 Å². The van der Waals surface area contributed by atoms with Gasteiger partial charge in [-0.05, 0) is 18.6 Å². The first-order valence-corrected chi connectivity index (χ1v) is 7.80. The Bertz CT molecular complexity index is 533. The maximum atomic E-state index is 5.46. The van der Waals surface area contributed by atoms with Crippen LogP contribution in [0.3, 0.4) is 0 Å².